The van der Waals surface area contributed by atoms with Gasteiger partial charge in [-0.15, -0.1) is 35.3 Å². The van der Waals surface area contributed by atoms with Crippen LogP contribution in [0, 0.1) is 0 Å². The minimum atomic E-state index is -0.219. The summed E-state index contributed by atoms with van der Waals surface area (Å²) in [4.78, 5) is 20.4. The first-order valence-corrected chi connectivity index (χ1v) is 11.1. The molecule has 0 spiro atoms. The quantitative estimate of drug-likeness (QED) is 0.314. The summed E-state index contributed by atoms with van der Waals surface area (Å²) in [6.07, 6.45) is 1.53. The van der Waals surface area contributed by atoms with E-state index in [1.807, 2.05) is 19.1 Å². The molecule has 170 valence electrons. The van der Waals surface area contributed by atoms with Crippen LogP contribution in [0.4, 0.5) is 4.79 Å². The summed E-state index contributed by atoms with van der Waals surface area (Å²) in [7, 11) is 3.45. The van der Waals surface area contributed by atoms with E-state index in [1.165, 1.54) is 15.3 Å². The average Bonchev–Trinajstić information content (AvgIpc) is 3.26. The summed E-state index contributed by atoms with van der Waals surface area (Å²) >= 11 is 1.76. The van der Waals surface area contributed by atoms with Gasteiger partial charge in [0, 0.05) is 35.9 Å². The first kappa shape index (κ1) is 25.3. The van der Waals surface area contributed by atoms with Crippen LogP contribution in [0.25, 0.3) is 10.4 Å². The molecule has 2 heterocycles. The van der Waals surface area contributed by atoms with Crippen molar-refractivity contribution in [1.82, 2.24) is 15.5 Å². The minimum Gasteiger partial charge on any atom is -0.497 e. The lowest BCUT2D eigenvalue weighted by atomic mass is 10.1. The normalized spacial score (nSPS) is 14.5. The van der Waals surface area contributed by atoms with Gasteiger partial charge in [0.1, 0.15) is 5.75 Å². The number of likely N-dealkylation sites (tertiary alicyclic amines) is 1. The Morgan fingerprint density at radius 2 is 1.90 bits per heavy atom. The Bertz CT molecular complexity index is 849. The number of nitrogens with one attached hydrogen (secondary N) is 2. The topological polar surface area (TPSA) is 75.2 Å². The third kappa shape index (κ3) is 7.27. The third-order valence-corrected chi connectivity index (χ3v) is 6.19. The monoisotopic (exact) mass is 558 g/mol. The van der Waals surface area contributed by atoms with Crippen molar-refractivity contribution in [2.75, 3.05) is 33.9 Å². The Morgan fingerprint density at radius 3 is 2.52 bits per heavy atom. The maximum atomic E-state index is 11.8. The van der Waals surface area contributed by atoms with Crippen LogP contribution < -0.4 is 15.4 Å². The highest BCUT2D eigenvalue weighted by Crippen LogP contribution is 2.29. The fourth-order valence-corrected chi connectivity index (χ4v) is 4.32. The van der Waals surface area contributed by atoms with Gasteiger partial charge in [0.25, 0.3) is 0 Å². The van der Waals surface area contributed by atoms with Gasteiger partial charge in [-0.2, -0.15) is 0 Å². The van der Waals surface area contributed by atoms with E-state index in [1.54, 1.807) is 30.4 Å². The fraction of sp³-hybridized carbons (Fsp3) is 0.455. The second-order valence-electron chi connectivity index (χ2n) is 7.02. The molecule has 0 unspecified atom stereocenters. The van der Waals surface area contributed by atoms with Crippen LogP contribution in [0.15, 0.2) is 41.4 Å². The van der Waals surface area contributed by atoms with E-state index >= 15 is 0 Å². The van der Waals surface area contributed by atoms with Gasteiger partial charge in [0.05, 0.1) is 20.3 Å². The second kappa shape index (κ2) is 12.7. The highest BCUT2D eigenvalue weighted by molar-refractivity contribution is 14.0. The molecule has 7 nitrogen and oxygen atoms in total. The number of hydrogen-bond acceptors (Lipinski definition) is 5. The van der Waals surface area contributed by atoms with E-state index in [4.69, 9.17) is 9.47 Å². The standard InChI is InChI=1S/C22H30N4O3S.HI/c1-4-29-22(27)26-13-11-17(12-14-26)25-21(23-2)24-15-19-9-10-20(30-19)16-5-7-18(28-3)8-6-16;/h5-10,17H,4,11-15H2,1-3H3,(H2,23,24,25);1H. The van der Waals surface area contributed by atoms with Crippen LogP contribution >= 0.6 is 35.3 Å². The minimum absolute atomic E-state index is 0. The van der Waals surface area contributed by atoms with Gasteiger partial charge in [-0.1, -0.05) is 0 Å². The van der Waals surface area contributed by atoms with Crippen molar-refractivity contribution in [1.29, 1.82) is 0 Å². The largest absolute Gasteiger partial charge is 0.497 e. The summed E-state index contributed by atoms with van der Waals surface area (Å²) in [6.45, 7) is 4.35. The second-order valence-corrected chi connectivity index (χ2v) is 8.19. The zero-order chi connectivity index (χ0) is 21.3. The van der Waals surface area contributed by atoms with Gasteiger partial charge in [-0.3, -0.25) is 4.99 Å². The molecule has 9 heteroatoms. The molecule has 0 radical (unpaired) electrons. The lowest BCUT2D eigenvalue weighted by molar-refractivity contribution is 0.0963. The number of ether oxygens (including phenoxy) is 2. The predicted molar refractivity (Wildman–Crippen MR) is 137 cm³/mol. The maximum absolute atomic E-state index is 11.8. The zero-order valence-corrected chi connectivity index (χ0v) is 21.4. The van der Waals surface area contributed by atoms with Crippen LogP contribution in [0.1, 0.15) is 24.6 Å². The van der Waals surface area contributed by atoms with Crippen molar-refractivity contribution in [2.24, 2.45) is 4.99 Å². The Labute approximate surface area is 205 Å². The molecular formula is C22H31IN4O3S. The Morgan fingerprint density at radius 1 is 1.19 bits per heavy atom. The molecule has 3 rings (SSSR count). The van der Waals surface area contributed by atoms with Crippen molar-refractivity contribution in [2.45, 2.75) is 32.4 Å². The van der Waals surface area contributed by atoms with Crippen LogP contribution in [-0.2, 0) is 11.3 Å². The first-order valence-electron chi connectivity index (χ1n) is 10.2. The molecule has 1 saturated heterocycles. The Hall–Kier alpha value is -2.01. The van der Waals surface area contributed by atoms with E-state index in [-0.39, 0.29) is 30.1 Å². The molecule has 31 heavy (non-hydrogen) atoms. The highest BCUT2D eigenvalue weighted by Gasteiger charge is 2.24. The summed E-state index contributed by atoms with van der Waals surface area (Å²) < 4.78 is 10.3. The van der Waals surface area contributed by atoms with Crippen molar-refractivity contribution in [3.63, 3.8) is 0 Å². The van der Waals surface area contributed by atoms with Crippen LogP contribution in [0.3, 0.4) is 0 Å². The predicted octanol–water partition coefficient (Wildman–Crippen LogP) is 4.33. The molecule has 2 aromatic rings. The fourth-order valence-electron chi connectivity index (χ4n) is 3.36. The lowest BCUT2D eigenvalue weighted by Crippen LogP contribution is -2.49. The van der Waals surface area contributed by atoms with Gasteiger partial charge in [0.15, 0.2) is 5.96 Å². The lowest BCUT2D eigenvalue weighted by Gasteiger charge is -2.32. The average molecular weight is 558 g/mol. The van der Waals surface area contributed by atoms with E-state index in [2.05, 4.69) is 39.9 Å². The number of carbonyl (C=O) groups excluding carboxylic acids is 1. The van der Waals surface area contributed by atoms with Gasteiger partial charge in [-0.05, 0) is 61.7 Å². The molecule has 2 N–H and O–H groups in total. The number of benzene rings is 1. The first-order chi connectivity index (χ1) is 14.6. The van der Waals surface area contributed by atoms with Crippen LogP contribution in [-0.4, -0.2) is 56.8 Å². The molecule has 1 fully saturated rings. The van der Waals surface area contributed by atoms with E-state index in [0.717, 1.165) is 24.6 Å². The number of thiophene rings is 1. The number of nitrogens with zero attached hydrogens (tertiary/aromatic N) is 2. The number of piperidine rings is 1. The molecule has 1 aromatic carbocycles. The molecule has 0 saturated carbocycles. The molecular weight excluding hydrogens is 527 g/mol. The SMILES string of the molecule is CCOC(=O)N1CCC(NC(=NC)NCc2ccc(-c3ccc(OC)cc3)s2)CC1.I. The van der Waals surface area contributed by atoms with E-state index in [9.17, 15) is 4.79 Å². The number of aliphatic imine (C=N–C) groups is 1. The summed E-state index contributed by atoms with van der Waals surface area (Å²) in [5.41, 5.74) is 1.18. The molecule has 0 atom stereocenters. The molecule has 0 bridgehead atoms. The number of carbonyl (C=O) groups is 1. The van der Waals surface area contributed by atoms with Gasteiger partial charge in [-0.25, -0.2) is 4.79 Å². The van der Waals surface area contributed by atoms with Crippen molar-refractivity contribution in [3.8, 4) is 16.2 Å². The number of amides is 1. The molecule has 1 aliphatic heterocycles. The number of rotatable bonds is 6. The van der Waals surface area contributed by atoms with Crippen LogP contribution in [0.5, 0.6) is 5.75 Å². The third-order valence-electron chi connectivity index (χ3n) is 5.05. The molecule has 0 aliphatic carbocycles. The zero-order valence-electron chi connectivity index (χ0n) is 18.2. The Balaban J connectivity index is 0.00000341. The van der Waals surface area contributed by atoms with Crippen molar-refractivity contribution >= 4 is 47.4 Å². The number of methoxy groups -OCH3 is 1. The number of guanidine groups is 1. The number of halogens is 1. The molecule has 1 aromatic heterocycles. The summed E-state index contributed by atoms with van der Waals surface area (Å²) in [5, 5.41) is 6.86. The van der Waals surface area contributed by atoms with Gasteiger partial charge in [0.2, 0.25) is 0 Å². The maximum Gasteiger partial charge on any atom is 0.409 e. The van der Waals surface area contributed by atoms with Gasteiger partial charge >= 0.3 is 6.09 Å². The smallest absolute Gasteiger partial charge is 0.409 e. The number of hydrogen-bond donors (Lipinski definition) is 2. The van der Waals surface area contributed by atoms with E-state index in [0.29, 0.717) is 32.3 Å². The van der Waals surface area contributed by atoms with E-state index < -0.39 is 0 Å². The van der Waals surface area contributed by atoms with Gasteiger partial charge < -0.3 is 25.0 Å². The molecule has 1 aliphatic rings. The Kier molecular flexibility index (Phi) is 10.4. The van der Waals surface area contributed by atoms with Crippen LogP contribution in [0.2, 0.25) is 0 Å². The summed E-state index contributed by atoms with van der Waals surface area (Å²) in [5.74, 6) is 1.64. The van der Waals surface area contributed by atoms with Crippen molar-refractivity contribution < 1.29 is 14.3 Å². The summed E-state index contributed by atoms with van der Waals surface area (Å²) in [6, 6.07) is 12.7. The highest BCUT2D eigenvalue weighted by atomic mass is 127. The van der Waals surface area contributed by atoms with Crippen molar-refractivity contribution in [3.05, 3.63) is 41.3 Å². The molecule has 1 amide bonds.